The Bertz CT molecular complexity index is 442. The van der Waals surface area contributed by atoms with Crippen LogP contribution in [0.5, 0.6) is 0 Å². The van der Waals surface area contributed by atoms with E-state index in [4.69, 9.17) is 0 Å². The van der Waals surface area contributed by atoms with Gasteiger partial charge in [-0.05, 0) is 78.7 Å². The lowest BCUT2D eigenvalue weighted by Gasteiger charge is -2.15. The molecule has 1 heterocycles. The third-order valence-electron chi connectivity index (χ3n) is 3.60. The van der Waals surface area contributed by atoms with Gasteiger partial charge in [0.2, 0.25) is 0 Å². The molecule has 1 amide bonds. The number of likely N-dealkylation sites (tertiary alicyclic amines) is 1. The highest BCUT2D eigenvalue weighted by Crippen LogP contribution is 2.15. The van der Waals surface area contributed by atoms with E-state index in [1.807, 2.05) is 18.2 Å². The van der Waals surface area contributed by atoms with Crippen molar-refractivity contribution in [1.29, 1.82) is 0 Å². The number of rotatable bonds is 5. The molecule has 1 saturated heterocycles. The first kappa shape index (κ1) is 14.8. The zero-order chi connectivity index (χ0) is 13.7. The number of nitrogens with zero attached hydrogens (tertiary/aromatic N) is 1. The van der Waals surface area contributed by atoms with Crippen LogP contribution >= 0.6 is 22.6 Å². The molecule has 104 valence electrons. The Hall–Kier alpha value is -0.620. The molecule has 0 saturated carbocycles. The Kier molecular flexibility index (Phi) is 5.63. The van der Waals surface area contributed by atoms with Gasteiger partial charge in [0, 0.05) is 22.2 Å². The molecule has 1 aliphatic rings. The maximum atomic E-state index is 12.1. The molecule has 1 aromatic rings. The maximum absolute atomic E-state index is 12.1. The monoisotopic (exact) mass is 372 g/mol. The molecule has 19 heavy (non-hydrogen) atoms. The summed E-state index contributed by atoms with van der Waals surface area (Å²) >= 11 is 2.32. The number of hydrogen-bond acceptors (Lipinski definition) is 2. The van der Waals surface area contributed by atoms with Crippen LogP contribution in [0.4, 0.5) is 0 Å². The largest absolute Gasteiger partial charge is 0.351 e. The quantitative estimate of drug-likeness (QED) is 0.807. The minimum absolute atomic E-state index is 0.0466. The number of amides is 1. The van der Waals surface area contributed by atoms with Crippen molar-refractivity contribution in [3.05, 3.63) is 32.9 Å². The molecule has 0 radical (unpaired) electrons. The van der Waals surface area contributed by atoms with Crippen molar-refractivity contribution < 1.29 is 4.79 Å². The molecule has 2 rings (SSSR count). The molecular weight excluding hydrogens is 351 g/mol. The van der Waals surface area contributed by atoms with Crippen LogP contribution in [0, 0.1) is 3.57 Å². The zero-order valence-electron chi connectivity index (χ0n) is 11.4. The normalized spacial score (nSPS) is 15.7. The molecular formula is C15H21IN2O. The molecule has 1 N–H and O–H groups in total. The van der Waals surface area contributed by atoms with Crippen LogP contribution in [0.3, 0.4) is 0 Å². The molecule has 0 bridgehead atoms. The Balaban J connectivity index is 1.85. The molecule has 0 aromatic heterocycles. The summed E-state index contributed by atoms with van der Waals surface area (Å²) in [6.07, 6.45) is 3.56. The second-order valence-electron chi connectivity index (χ2n) is 4.96. The van der Waals surface area contributed by atoms with Crippen LogP contribution in [0.1, 0.15) is 35.7 Å². The fourth-order valence-corrected chi connectivity index (χ4v) is 3.14. The molecule has 0 atom stereocenters. The summed E-state index contributed by atoms with van der Waals surface area (Å²) in [5, 5.41) is 3.01. The number of aryl methyl sites for hydroxylation is 1. The Morgan fingerprint density at radius 3 is 2.79 bits per heavy atom. The highest BCUT2D eigenvalue weighted by Gasteiger charge is 2.12. The lowest BCUT2D eigenvalue weighted by Crippen LogP contribution is -2.33. The number of hydrogen-bond donors (Lipinski definition) is 1. The fourth-order valence-electron chi connectivity index (χ4n) is 2.42. The summed E-state index contributed by atoms with van der Waals surface area (Å²) in [7, 11) is 0. The highest BCUT2D eigenvalue weighted by atomic mass is 127. The van der Waals surface area contributed by atoms with Gasteiger partial charge in [-0.2, -0.15) is 0 Å². The van der Waals surface area contributed by atoms with E-state index in [0.717, 1.165) is 25.1 Å². The van der Waals surface area contributed by atoms with E-state index in [1.54, 1.807) is 0 Å². The van der Waals surface area contributed by atoms with Crippen LogP contribution < -0.4 is 5.32 Å². The van der Waals surface area contributed by atoms with Crippen LogP contribution in [-0.4, -0.2) is 37.0 Å². The molecule has 1 aliphatic heterocycles. The van der Waals surface area contributed by atoms with Crippen LogP contribution in [-0.2, 0) is 6.42 Å². The number of benzene rings is 1. The molecule has 4 heteroatoms. The smallest absolute Gasteiger partial charge is 0.251 e. The van der Waals surface area contributed by atoms with Gasteiger partial charge in [-0.3, -0.25) is 4.79 Å². The summed E-state index contributed by atoms with van der Waals surface area (Å²) in [5.41, 5.74) is 2.02. The van der Waals surface area contributed by atoms with Gasteiger partial charge in [0.1, 0.15) is 0 Å². The zero-order valence-corrected chi connectivity index (χ0v) is 13.6. The van der Waals surface area contributed by atoms with Gasteiger partial charge in [0.15, 0.2) is 0 Å². The summed E-state index contributed by atoms with van der Waals surface area (Å²) in [5.74, 6) is 0.0466. The average molecular weight is 372 g/mol. The van der Waals surface area contributed by atoms with Crippen molar-refractivity contribution in [3.63, 3.8) is 0 Å². The lowest BCUT2D eigenvalue weighted by molar-refractivity contribution is 0.0949. The van der Waals surface area contributed by atoms with Crippen LogP contribution in [0.2, 0.25) is 0 Å². The maximum Gasteiger partial charge on any atom is 0.251 e. The van der Waals surface area contributed by atoms with Gasteiger partial charge in [-0.25, -0.2) is 0 Å². The Morgan fingerprint density at radius 1 is 1.37 bits per heavy atom. The van der Waals surface area contributed by atoms with Crippen LogP contribution in [0.15, 0.2) is 18.2 Å². The Morgan fingerprint density at radius 2 is 2.11 bits per heavy atom. The van der Waals surface area contributed by atoms with E-state index in [1.165, 1.54) is 35.1 Å². The van der Waals surface area contributed by atoms with Crippen molar-refractivity contribution in [2.45, 2.75) is 26.2 Å². The van der Waals surface area contributed by atoms with Crippen molar-refractivity contribution in [1.82, 2.24) is 10.2 Å². The van der Waals surface area contributed by atoms with E-state index in [0.29, 0.717) is 0 Å². The minimum atomic E-state index is 0.0466. The SMILES string of the molecule is CCc1cc(C(=O)NCCN2CCCC2)ccc1I. The first-order valence-electron chi connectivity index (χ1n) is 6.99. The highest BCUT2D eigenvalue weighted by molar-refractivity contribution is 14.1. The fraction of sp³-hybridized carbons (Fsp3) is 0.533. The minimum Gasteiger partial charge on any atom is -0.351 e. The van der Waals surface area contributed by atoms with Gasteiger partial charge in [-0.15, -0.1) is 0 Å². The number of nitrogens with one attached hydrogen (secondary N) is 1. The van der Waals surface area contributed by atoms with Gasteiger partial charge < -0.3 is 10.2 Å². The van der Waals surface area contributed by atoms with Crippen LogP contribution in [0.25, 0.3) is 0 Å². The van der Waals surface area contributed by atoms with E-state index in [2.05, 4.69) is 39.7 Å². The van der Waals surface area contributed by atoms with E-state index in [-0.39, 0.29) is 5.91 Å². The van der Waals surface area contributed by atoms with Crippen molar-refractivity contribution >= 4 is 28.5 Å². The first-order valence-corrected chi connectivity index (χ1v) is 8.07. The number of halogens is 1. The molecule has 1 fully saturated rings. The molecule has 1 aromatic carbocycles. The van der Waals surface area contributed by atoms with E-state index >= 15 is 0 Å². The summed E-state index contributed by atoms with van der Waals surface area (Å²) < 4.78 is 1.23. The summed E-state index contributed by atoms with van der Waals surface area (Å²) in [6, 6.07) is 5.94. The van der Waals surface area contributed by atoms with Crippen molar-refractivity contribution in [2.24, 2.45) is 0 Å². The lowest BCUT2D eigenvalue weighted by atomic mass is 10.1. The predicted molar refractivity (Wildman–Crippen MR) is 86.5 cm³/mol. The topological polar surface area (TPSA) is 32.3 Å². The third kappa shape index (κ3) is 4.18. The van der Waals surface area contributed by atoms with Crippen molar-refractivity contribution in [3.8, 4) is 0 Å². The van der Waals surface area contributed by atoms with E-state index < -0.39 is 0 Å². The summed E-state index contributed by atoms with van der Waals surface area (Å²) in [6.45, 7) is 6.19. The van der Waals surface area contributed by atoms with E-state index in [9.17, 15) is 4.79 Å². The average Bonchev–Trinajstić information content (AvgIpc) is 2.92. The molecule has 0 unspecified atom stereocenters. The van der Waals surface area contributed by atoms with Gasteiger partial charge in [0.25, 0.3) is 5.91 Å². The second kappa shape index (κ2) is 7.24. The van der Waals surface area contributed by atoms with Gasteiger partial charge in [-0.1, -0.05) is 6.92 Å². The predicted octanol–water partition coefficient (Wildman–Crippen LogP) is 2.68. The third-order valence-corrected chi connectivity index (χ3v) is 4.65. The first-order chi connectivity index (χ1) is 9.20. The molecule has 0 aliphatic carbocycles. The molecule has 3 nitrogen and oxygen atoms in total. The standard InChI is InChI=1S/C15H21IN2O/c1-2-12-11-13(5-6-14(12)16)15(19)17-7-10-18-8-3-4-9-18/h5-6,11H,2-4,7-10H2,1H3,(H,17,19). The van der Waals surface area contributed by atoms with Gasteiger partial charge >= 0.3 is 0 Å². The van der Waals surface area contributed by atoms with Gasteiger partial charge in [0.05, 0.1) is 0 Å². The van der Waals surface area contributed by atoms with Crippen molar-refractivity contribution in [2.75, 3.05) is 26.2 Å². The number of carbonyl (C=O) groups is 1. The second-order valence-corrected chi connectivity index (χ2v) is 6.13. The number of carbonyl (C=O) groups excluding carboxylic acids is 1. The summed E-state index contributed by atoms with van der Waals surface area (Å²) in [4.78, 5) is 14.5. The molecule has 0 spiro atoms. The Labute approximate surface area is 128 Å².